The van der Waals surface area contributed by atoms with E-state index in [1.807, 2.05) is 13.0 Å². The van der Waals surface area contributed by atoms with Gasteiger partial charge in [-0.2, -0.15) is 0 Å². The molecule has 0 spiro atoms. The minimum atomic E-state index is 0.787. The maximum absolute atomic E-state index is 5.50. The zero-order chi connectivity index (χ0) is 13.8. The van der Waals surface area contributed by atoms with E-state index in [1.54, 1.807) is 19.5 Å². The fourth-order valence-electron chi connectivity index (χ4n) is 2.21. The summed E-state index contributed by atoms with van der Waals surface area (Å²) in [5.74, 6) is 1.62. The predicted molar refractivity (Wildman–Crippen MR) is 77.7 cm³/mol. The maximum atomic E-state index is 5.50. The molecule has 100 valence electrons. The summed E-state index contributed by atoms with van der Waals surface area (Å²) in [5.41, 5.74) is 4.14. The van der Waals surface area contributed by atoms with Crippen LogP contribution in [0.5, 0.6) is 5.75 Å². The van der Waals surface area contributed by atoms with E-state index >= 15 is 0 Å². The second kappa shape index (κ2) is 5.69. The average Bonchev–Trinajstić information content (AvgIpc) is 2.39. The number of hydrogen-bond donors (Lipinski definition) is 1. The van der Waals surface area contributed by atoms with Crippen LogP contribution in [0.15, 0.2) is 24.5 Å². The Kier molecular flexibility index (Phi) is 4.00. The van der Waals surface area contributed by atoms with Gasteiger partial charge in [-0.1, -0.05) is 6.07 Å². The van der Waals surface area contributed by atoms with Gasteiger partial charge in [0.2, 0.25) is 0 Å². The van der Waals surface area contributed by atoms with Gasteiger partial charge in [0, 0.05) is 24.5 Å². The van der Waals surface area contributed by atoms with E-state index in [-0.39, 0.29) is 0 Å². The molecule has 0 amide bonds. The van der Waals surface area contributed by atoms with Gasteiger partial charge in [0.05, 0.1) is 7.11 Å². The Bertz CT molecular complexity index is 582. The van der Waals surface area contributed by atoms with Gasteiger partial charge in [-0.15, -0.1) is 0 Å². The number of ether oxygens (including phenoxy) is 1. The highest BCUT2D eigenvalue weighted by molar-refractivity contribution is 5.79. The SMILES string of the molecule is CCNc1nccnc1-c1c(C)cc(C)cc1OC. The molecule has 2 aromatic rings. The zero-order valence-corrected chi connectivity index (χ0v) is 11.8. The van der Waals surface area contributed by atoms with Crippen LogP contribution >= 0.6 is 0 Å². The van der Waals surface area contributed by atoms with Crippen LogP contribution in [0, 0.1) is 13.8 Å². The van der Waals surface area contributed by atoms with Gasteiger partial charge in [-0.05, 0) is 38.0 Å². The lowest BCUT2D eigenvalue weighted by molar-refractivity contribution is 0.415. The Balaban J connectivity index is 2.64. The fourth-order valence-corrected chi connectivity index (χ4v) is 2.21. The molecule has 1 aromatic carbocycles. The molecular weight excluding hydrogens is 238 g/mol. The van der Waals surface area contributed by atoms with E-state index in [0.29, 0.717) is 0 Å². The van der Waals surface area contributed by atoms with E-state index in [4.69, 9.17) is 4.74 Å². The van der Waals surface area contributed by atoms with E-state index in [9.17, 15) is 0 Å². The molecule has 1 heterocycles. The molecule has 0 radical (unpaired) electrons. The highest BCUT2D eigenvalue weighted by Gasteiger charge is 2.15. The summed E-state index contributed by atoms with van der Waals surface area (Å²) in [6.07, 6.45) is 3.40. The lowest BCUT2D eigenvalue weighted by atomic mass is 10.0. The zero-order valence-electron chi connectivity index (χ0n) is 11.8. The van der Waals surface area contributed by atoms with Crippen LogP contribution in [0.3, 0.4) is 0 Å². The summed E-state index contributed by atoms with van der Waals surface area (Å²) in [4.78, 5) is 8.82. The summed E-state index contributed by atoms with van der Waals surface area (Å²) >= 11 is 0. The van der Waals surface area contributed by atoms with Crippen LogP contribution in [0.4, 0.5) is 5.82 Å². The molecule has 0 fully saturated rings. The number of anilines is 1. The molecule has 0 aliphatic rings. The second-order valence-electron chi connectivity index (χ2n) is 4.44. The normalized spacial score (nSPS) is 10.3. The monoisotopic (exact) mass is 257 g/mol. The van der Waals surface area contributed by atoms with Crippen LogP contribution < -0.4 is 10.1 Å². The molecule has 0 bridgehead atoms. The summed E-state index contributed by atoms with van der Waals surface area (Å²) in [7, 11) is 1.68. The number of hydrogen-bond acceptors (Lipinski definition) is 4. The number of nitrogens with zero attached hydrogens (tertiary/aromatic N) is 2. The minimum Gasteiger partial charge on any atom is -0.496 e. The fraction of sp³-hybridized carbons (Fsp3) is 0.333. The molecule has 0 saturated carbocycles. The quantitative estimate of drug-likeness (QED) is 0.913. The third kappa shape index (κ3) is 2.67. The first-order valence-electron chi connectivity index (χ1n) is 6.37. The summed E-state index contributed by atoms with van der Waals surface area (Å²) < 4.78 is 5.50. The minimum absolute atomic E-state index is 0.787. The molecule has 0 saturated heterocycles. The first-order valence-corrected chi connectivity index (χ1v) is 6.37. The third-order valence-electron chi connectivity index (χ3n) is 2.94. The summed E-state index contributed by atoms with van der Waals surface area (Å²) in [6.45, 7) is 6.97. The van der Waals surface area contributed by atoms with Gasteiger partial charge in [0.25, 0.3) is 0 Å². The van der Waals surface area contributed by atoms with Crippen LogP contribution in [-0.4, -0.2) is 23.6 Å². The number of benzene rings is 1. The van der Waals surface area contributed by atoms with Crippen molar-refractivity contribution >= 4 is 5.82 Å². The standard InChI is InChI=1S/C15H19N3O/c1-5-16-15-14(17-6-7-18-15)13-11(3)8-10(2)9-12(13)19-4/h6-9H,5H2,1-4H3,(H,16,18). The molecule has 4 nitrogen and oxygen atoms in total. The molecule has 2 rings (SSSR count). The van der Waals surface area contributed by atoms with Crippen LogP contribution in [0.25, 0.3) is 11.3 Å². The molecule has 19 heavy (non-hydrogen) atoms. The Hall–Kier alpha value is -2.10. The van der Waals surface area contributed by atoms with Crippen molar-refractivity contribution in [3.63, 3.8) is 0 Å². The lowest BCUT2D eigenvalue weighted by Crippen LogP contribution is -2.04. The second-order valence-corrected chi connectivity index (χ2v) is 4.44. The van der Waals surface area contributed by atoms with Gasteiger partial charge in [-0.25, -0.2) is 4.98 Å². The highest BCUT2D eigenvalue weighted by Crippen LogP contribution is 2.35. The van der Waals surface area contributed by atoms with Crippen molar-refractivity contribution < 1.29 is 4.74 Å². The van der Waals surface area contributed by atoms with Crippen LogP contribution in [-0.2, 0) is 0 Å². The first kappa shape index (κ1) is 13.3. The van der Waals surface area contributed by atoms with Crippen LogP contribution in [0.1, 0.15) is 18.1 Å². The maximum Gasteiger partial charge on any atom is 0.152 e. The molecule has 0 unspecified atom stereocenters. The number of rotatable bonds is 4. The molecule has 4 heteroatoms. The smallest absolute Gasteiger partial charge is 0.152 e. The third-order valence-corrected chi connectivity index (χ3v) is 2.94. The molecule has 0 aliphatic carbocycles. The van der Waals surface area contributed by atoms with Gasteiger partial charge < -0.3 is 10.1 Å². The molecule has 1 aromatic heterocycles. The Morgan fingerprint density at radius 2 is 1.89 bits per heavy atom. The largest absolute Gasteiger partial charge is 0.496 e. The van der Waals surface area contributed by atoms with Crippen molar-refractivity contribution in [2.75, 3.05) is 19.0 Å². The van der Waals surface area contributed by atoms with E-state index in [2.05, 4.69) is 35.2 Å². The van der Waals surface area contributed by atoms with Crippen molar-refractivity contribution in [2.45, 2.75) is 20.8 Å². The molecular formula is C15H19N3O. The summed E-state index contributed by atoms with van der Waals surface area (Å²) in [6, 6.07) is 4.15. The Morgan fingerprint density at radius 3 is 2.58 bits per heavy atom. The van der Waals surface area contributed by atoms with Crippen LogP contribution in [0.2, 0.25) is 0 Å². The van der Waals surface area contributed by atoms with Crippen molar-refractivity contribution in [3.05, 3.63) is 35.7 Å². The highest BCUT2D eigenvalue weighted by atomic mass is 16.5. The van der Waals surface area contributed by atoms with Crippen molar-refractivity contribution in [2.24, 2.45) is 0 Å². The van der Waals surface area contributed by atoms with Gasteiger partial charge in [0.1, 0.15) is 11.4 Å². The molecule has 0 atom stereocenters. The van der Waals surface area contributed by atoms with E-state index < -0.39 is 0 Å². The summed E-state index contributed by atoms with van der Waals surface area (Å²) in [5, 5.41) is 3.24. The van der Waals surface area contributed by atoms with Gasteiger partial charge in [0.15, 0.2) is 5.82 Å². The number of aryl methyl sites for hydroxylation is 2. The Labute approximate surface area is 113 Å². The average molecular weight is 257 g/mol. The van der Waals surface area contributed by atoms with Crippen molar-refractivity contribution in [1.82, 2.24) is 9.97 Å². The van der Waals surface area contributed by atoms with Crippen molar-refractivity contribution in [3.8, 4) is 17.0 Å². The number of aromatic nitrogens is 2. The lowest BCUT2D eigenvalue weighted by Gasteiger charge is -2.15. The predicted octanol–water partition coefficient (Wildman–Crippen LogP) is 3.20. The van der Waals surface area contributed by atoms with Crippen molar-refractivity contribution in [1.29, 1.82) is 0 Å². The molecule has 1 N–H and O–H groups in total. The van der Waals surface area contributed by atoms with E-state index in [1.165, 1.54) is 5.56 Å². The Morgan fingerprint density at radius 1 is 1.16 bits per heavy atom. The number of nitrogens with one attached hydrogen (secondary N) is 1. The van der Waals surface area contributed by atoms with E-state index in [0.717, 1.165) is 34.9 Å². The van der Waals surface area contributed by atoms with Gasteiger partial charge in [-0.3, -0.25) is 4.98 Å². The topological polar surface area (TPSA) is 47.0 Å². The first-order chi connectivity index (χ1) is 9.17. The van der Waals surface area contributed by atoms with Gasteiger partial charge >= 0.3 is 0 Å². The molecule has 0 aliphatic heterocycles. The number of methoxy groups -OCH3 is 1.